The average Bonchev–Trinajstić information content (AvgIpc) is 3.19. The zero-order chi connectivity index (χ0) is 23.3. The molecule has 7 nitrogen and oxygen atoms in total. The number of anilines is 1. The van der Waals surface area contributed by atoms with Crippen LogP contribution in [0.15, 0.2) is 47.6 Å². The monoisotopic (exact) mass is 511 g/mol. The number of nitrogens with one attached hydrogen (secondary N) is 2. The molecule has 0 aliphatic rings. The van der Waals surface area contributed by atoms with Gasteiger partial charge in [0, 0.05) is 17.1 Å². The van der Waals surface area contributed by atoms with E-state index < -0.39 is 0 Å². The van der Waals surface area contributed by atoms with Crippen LogP contribution in [0.5, 0.6) is 0 Å². The highest BCUT2D eigenvalue weighted by molar-refractivity contribution is 7.99. The number of thioether (sulfide) groups is 1. The van der Waals surface area contributed by atoms with E-state index in [-0.39, 0.29) is 28.6 Å². The van der Waals surface area contributed by atoms with Crippen molar-refractivity contribution in [2.24, 2.45) is 0 Å². The van der Waals surface area contributed by atoms with Crippen LogP contribution < -0.4 is 10.6 Å². The summed E-state index contributed by atoms with van der Waals surface area (Å²) in [5, 5.41) is 15.8. The second-order valence-corrected chi connectivity index (χ2v) is 8.89. The Labute approximate surface area is 204 Å². The first-order valence-corrected chi connectivity index (χ1v) is 11.8. The lowest BCUT2D eigenvalue weighted by Gasteiger charge is -2.15. The molecule has 3 aromatic rings. The molecule has 168 valence electrons. The highest BCUT2D eigenvalue weighted by Crippen LogP contribution is 2.30. The molecule has 0 aliphatic heterocycles. The third kappa shape index (κ3) is 5.95. The molecular formula is C21H20Cl3N5O2S. The minimum Gasteiger partial charge on any atom is -0.342 e. The third-order valence-corrected chi connectivity index (χ3v) is 6.50. The summed E-state index contributed by atoms with van der Waals surface area (Å²) in [7, 11) is 0. The van der Waals surface area contributed by atoms with Crippen molar-refractivity contribution in [1.29, 1.82) is 0 Å². The van der Waals surface area contributed by atoms with Crippen molar-refractivity contribution in [2.45, 2.75) is 31.6 Å². The first-order valence-electron chi connectivity index (χ1n) is 9.66. The molecule has 0 saturated heterocycles. The fraction of sp³-hybridized carbons (Fsp3) is 0.238. The molecule has 2 aromatic carbocycles. The van der Waals surface area contributed by atoms with Crippen LogP contribution in [0.3, 0.4) is 0 Å². The summed E-state index contributed by atoms with van der Waals surface area (Å²) >= 11 is 19.2. The molecule has 0 fully saturated rings. The topological polar surface area (TPSA) is 88.9 Å². The Hall–Kier alpha value is -2.26. The van der Waals surface area contributed by atoms with Crippen molar-refractivity contribution in [3.05, 3.63) is 68.9 Å². The van der Waals surface area contributed by atoms with Crippen LogP contribution in [0.2, 0.25) is 15.1 Å². The van der Waals surface area contributed by atoms with Gasteiger partial charge in [-0.1, -0.05) is 52.6 Å². The zero-order valence-electron chi connectivity index (χ0n) is 17.2. The number of carbonyl (C=O) groups is 2. The van der Waals surface area contributed by atoms with Gasteiger partial charge in [-0.2, -0.15) is 0 Å². The normalized spacial score (nSPS) is 11.8. The first-order chi connectivity index (χ1) is 15.3. The maximum absolute atomic E-state index is 12.5. The Kier molecular flexibility index (Phi) is 8.42. The van der Waals surface area contributed by atoms with Crippen LogP contribution in [0.4, 0.5) is 5.69 Å². The number of aromatic nitrogens is 3. The maximum Gasteiger partial charge on any atom is 0.251 e. The van der Waals surface area contributed by atoms with Gasteiger partial charge in [0.05, 0.1) is 27.5 Å². The SMILES string of the molecule is CCn1c(SCC(=O)Nc2cccc(Cl)c2Cl)nnc1[C@@H](C)NC(=O)c1ccc(Cl)cc1. The number of halogens is 3. The lowest BCUT2D eigenvalue weighted by Crippen LogP contribution is -2.28. The minimum absolute atomic E-state index is 0.104. The van der Waals surface area contributed by atoms with Gasteiger partial charge < -0.3 is 15.2 Å². The number of benzene rings is 2. The predicted octanol–water partition coefficient (Wildman–Crippen LogP) is 5.48. The Morgan fingerprint density at radius 3 is 2.50 bits per heavy atom. The Bertz CT molecular complexity index is 1120. The molecule has 0 bridgehead atoms. The molecule has 0 unspecified atom stereocenters. The van der Waals surface area contributed by atoms with Gasteiger partial charge in [0.25, 0.3) is 5.91 Å². The molecule has 2 N–H and O–H groups in total. The Morgan fingerprint density at radius 2 is 1.81 bits per heavy atom. The quantitative estimate of drug-likeness (QED) is 0.390. The van der Waals surface area contributed by atoms with Gasteiger partial charge in [0.15, 0.2) is 11.0 Å². The largest absolute Gasteiger partial charge is 0.342 e. The van der Waals surface area contributed by atoms with Crippen molar-refractivity contribution in [3.63, 3.8) is 0 Å². The van der Waals surface area contributed by atoms with Gasteiger partial charge in [0.2, 0.25) is 5.91 Å². The summed E-state index contributed by atoms with van der Waals surface area (Å²) in [6.45, 7) is 4.34. The van der Waals surface area contributed by atoms with Crippen molar-refractivity contribution < 1.29 is 9.59 Å². The highest BCUT2D eigenvalue weighted by atomic mass is 35.5. The second kappa shape index (κ2) is 11.0. The molecule has 1 atom stereocenters. The van der Waals surface area contributed by atoms with Crippen molar-refractivity contribution in [2.75, 3.05) is 11.1 Å². The summed E-state index contributed by atoms with van der Waals surface area (Å²) in [6.07, 6.45) is 0. The second-order valence-electron chi connectivity index (χ2n) is 6.73. The number of carbonyl (C=O) groups excluding carboxylic acids is 2. The van der Waals surface area contributed by atoms with Gasteiger partial charge >= 0.3 is 0 Å². The molecule has 32 heavy (non-hydrogen) atoms. The molecule has 3 rings (SSSR count). The van der Waals surface area contributed by atoms with E-state index in [0.717, 1.165) is 0 Å². The number of amides is 2. The number of hydrogen-bond acceptors (Lipinski definition) is 5. The van der Waals surface area contributed by atoms with E-state index in [1.807, 2.05) is 18.4 Å². The highest BCUT2D eigenvalue weighted by Gasteiger charge is 2.20. The van der Waals surface area contributed by atoms with Crippen molar-refractivity contribution in [3.8, 4) is 0 Å². The van der Waals surface area contributed by atoms with E-state index >= 15 is 0 Å². The van der Waals surface area contributed by atoms with Gasteiger partial charge in [-0.15, -0.1) is 10.2 Å². The minimum atomic E-state index is -0.390. The van der Waals surface area contributed by atoms with Crippen LogP contribution in [0, 0.1) is 0 Å². The summed E-state index contributed by atoms with van der Waals surface area (Å²) < 4.78 is 1.86. The molecule has 0 spiro atoms. The van der Waals surface area contributed by atoms with Gasteiger partial charge in [0.1, 0.15) is 0 Å². The van der Waals surface area contributed by atoms with Gasteiger partial charge in [-0.25, -0.2) is 0 Å². The lowest BCUT2D eigenvalue weighted by atomic mass is 10.2. The molecule has 1 aromatic heterocycles. The molecule has 11 heteroatoms. The predicted molar refractivity (Wildman–Crippen MR) is 129 cm³/mol. The standard InChI is InChI=1S/C21H20Cl3N5O2S/c1-3-29-19(12(2)25-20(31)13-7-9-14(22)10-8-13)27-28-21(29)32-11-17(30)26-16-6-4-5-15(23)18(16)24/h4-10,12H,3,11H2,1-2H3,(H,25,31)(H,26,30)/t12-/m1/s1. The van der Waals surface area contributed by atoms with Crippen LogP contribution in [0.25, 0.3) is 0 Å². The average molecular weight is 513 g/mol. The van der Waals surface area contributed by atoms with E-state index in [0.29, 0.717) is 38.8 Å². The van der Waals surface area contributed by atoms with E-state index in [1.54, 1.807) is 42.5 Å². The van der Waals surface area contributed by atoms with Crippen LogP contribution in [-0.4, -0.2) is 32.3 Å². The number of hydrogen-bond donors (Lipinski definition) is 2. The van der Waals surface area contributed by atoms with E-state index in [2.05, 4.69) is 20.8 Å². The zero-order valence-corrected chi connectivity index (χ0v) is 20.3. The summed E-state index contributed by atoms with van der Waals surface area (Å²) in [4.78, 5) is 24.9. The lowest BCUT2D eigenvalue weighted by molar-refractivity contribution is -0.113. The first kappa shape index (κ1) is 24.4. The molecule has 0 saturated carbocycles. The number of nitrogens with zero attached hydrogens (tertiary/aromatic N) is 3. The van der Waals surface area contributed by atoms with E-state index in [1.165, 1.54) is 11.8 Å². The fourth-order valence-electron chi connectivity index (χ4n) is 2.89. The molecule has 0 aliphatic carbocycles. The smallest absolute Gasteiger partial charge is 0.251 e. The van der Waals surface area contributed by atoms with Gasteiger partial charge in [-0.05, 0) is 50.2 Å². The van der Waals surface area contributed by atoms with Crippen LogP contribution >= 0.6 is 46.6 Å². The van der Waals surface area contributed by atoms with Crippen molar-refractivity contribution in [1.82, 2.24) is 20.1 Å². The van der Waals surface area contributed by atoms with E-state index in [4.69, 9.17) is 34.8 Å². The summed E-state index contributed by atoms with van der Waals surface area (Å²) in [5.74, 6) is 0.199. The Balaban J connectivity index is 1.63. The third-order valence-electron chi connectivity index (χ3n) is 4.46. The van der Waals surface area contributed by atoms with Crippen LogP contribution in [0.1, 0.15) is 36.1 Å². The Morgan fingerprint density at radius 1 is 1.09 bits per heavy atom. The summed E-state index contributed by atoms with van der Waals surface area (Å²) in [6, 6.07) is 11.3. The molecular weight excluding hydrogens is 493 g/mol. The van der Waals surface area contributed by atoms with Crippen molar-refractivity contribution >= 4 is 64.1 Å². The van der Waals surface area contributed by atoms with E-state index in [9.17, 15) is 9.59 Å². The van der Waals surface area contributed by atoms with Crippen LogP contribution in [-0.2, 0) is 11.3 Å². The molecule has 2 amide bonds. The maximum atomic E-state index is 12.5. The molecule has 1 heterocycles. The molecule has 0 radical (unpaired) electrons. The summed E-state index contributed by atoms with van der Waals surface area (Å²) in [5.41, 5.74) is 0.940. The fourth-order valence-corrected chi connectivity index (χ4v) is 4.17. The number of rotatable bonds is 8. The van der Waals surface area contributed by atoms with Gasteiger partial charge in [-0.3, -0.25) is 9.59 Å².